The van der Waals surface area contributed by atoms with Crippen molar-refractivity contribution in [2.45, 2.75) is 31.9 Å². The van der Waals surface area contributed by atoms with E-state index in [1.807, 2.05) is 0 Å². The number of likely N-dealkylation sites (tertiary alicyclic amines) is 1. The van der Waals surface area contributed by atoms with Gasteiger partial charge in [0, 0.05) is 24.3 Å². The number of hydrogen-bond donors (Lipinski definition) is 1. The molecule has 0 saturated carbocycles. The standard InChI is InChI=1S/C28H24N4O11/c33-25-23(29-28(36)43-17-18-4-2-1-3-5-18)14-30(25)24(26(34)41-15-19-6-10-21(11-7-19)31(37)38)27(35)42-16-20-8-12-22(13-9-20)32(39)40/h1-13,23-24H,14-17H2,(H,29,36). The maximum absolute atomic E-state index is 13.0. The van der Waals surface area contributed by atoms with E-state index in [4.69, 9.17) is 14.2 Å². The summed E-state index contributed by atoms with van der Waals surface area (Å²) in [5.41, 5.74) is 1.15. The third kappa shape index (κ3) is 7.87. The van der Waals surface area contributed by atoms with Gasteiger partial charge in [0.25, 0.3) is 11.4 Å². The van der Waals surface area contributed by atoms with E-state index in [0.29, 0.717) is 11.1 Å². The minimum absolute atomic E-state index is 0.0378. The van der Waals surface area contributed by atoms with Crippen LogP contribution in [0, 0.1) is 20.2 Å². The number of carbonyl (C=O) groups excluding carboxylic acids is 4. The molecule has 1 heterocycles. The van der Waals surface area contributed by atoms with Crippen molar-refractivity contribution in [2.75, 3.05) is 6.54 Å². The molecule has 222 valence electrons. The van der Waals surface area contributed by atoms with Crippen LogP contribution in [0.2, 0.25) is 0 Å². The molecule has 15 heteroatoms. The van der Waals surface area contributed by atoms with Gasteiger partial charge in [-0.25, -0.2) is 14.4 Å². The average molecular weight is 593 g/mol. The zero-order valence-electron chi connectivity index (χ0n) is 22.3. The van der Waals surface area contributed by atoms with Gasteiger partial charge < -0.3 is 24.4 Å². The van der Waals surface area contributed by atoms with Crippen molar-refractivity contribution in [1.82, 2.24) is 10.2 Å². The Labute approximate surface area is 243 Å². The Hall–Kier alpha value is -5.86. The van der Waals surface area contributed by atoms with Gasteiger partial charge in [-0.2, -0.15) is 0 Å². The molecule has 1 fully saturated rings. The van der Waals surface area contributed by atoms with Crippen LogP contribution >= 0.6 is 0 Å². The maximum Gasteiger partial charge on any atom is 0.408 e. The summed E-state index contributed by atoms with van der Waals surface area (Å²) in [7, 11) is 0. The molecular formula is C28H24N4O11. The molecule has 1 unspecified atom stereocenters. The summed E-state index contributed by atoms with van der Waals surface area (Å²) in [6, 6.07) is 16.2. The molecular weight excluding hydrogens is 568 g/mol. The van der Waals surface area contributed by atoms with Crippen molar-refractivity contribution in [1.29, 1.82) is 0 Å². The fourth-order valence-corrected chi connectivity index (χ4v) is 3.94. The maximum atomic E-state index is 13.0. The molecule has 0 aromatic heterocycles. The van der Waals surface area contributed by atoms with E-state index in [-0.39, 0.29) is 37.7 Å². The zero-order valence-corrected chi connectivity index (χ0v) is 22.3. The molecule has 15 nitrogen and oxygen atoms in total. The summed E-state index contributed by atoms with van der Waals surface area (Å²) < 4.78 is 15.6. The van der Waals surface area contributed by atoms with Gasteiger partial charge in [-0.1, -0.05) is 30.3 Å². The number of carbonyl (C=O) groups is 4. The second-order valence-corrected chi connectivity index (χ2v) is 9.21. The number of rotatable bonds is 12. The number of hydrogen-bond acceptors (Lipinski definition) is 11. The van der Waals surface area contributed by atoms with Crippen molar-refractivity contribution in [3.63, 3.8) is 0 Å². The number of ether oxygens (including phenoxy) is 3. The Balaban J connectivity index is 1.39. The largest absolute Gasteiger partial charge is 0.459 e. The van der Waals surface area contributed by atoms with Crippen LogP contribution in [0.25, 0.3) is 0 Å². The summed E-state index contributed by atoms with van der Waals surface area (Å²) in [6.07, 6.45) is -0.875. The summed E-state index contributed by atoms with van der Waals surface area (Å²) in [5, 5.41) is 24.1. The SMILES string of the molecule is O=C(NC1CN(C(C(=O)OCc2ccc([N+](=O)[O-])cc2)C(=O)OCc2ccc([N+](=O)[O-])cc2)C1=O)OCc1ccccc1. The lowest BCUT2D eigenvalue weighted by molar-refractivity contribution is -0.385. The highest BCUT2D eigenvalue weighted by atomic mass is 16.6. The van der Waals surface area contributed by atoms with Gasteiger partial charge in [0.05, 0.1) is 16.4 Å². The van der Waals surface area contributed by atoms with Crippen molar-refractivity contribution >= 4 is 35.3 Å². The number of non-ortho nitro benzene ring substituents is 2. The molecule has 1 saturated heterocycles. The van der Waals surface area contributed by atoms with Crippen molar-refractivity contribution in [3.8, 4) is 0 Å². The first-order valence-electron chi connectivity index (χ1n) is 12.7. The lowest BCUT2D eigenvalue weighted by atomic mass is 10.0. The van der Waals surface area contributed by atoms with Gasteiger partial charge in [-0.3, -0.25) is 25.0 Å². The quantitative estimate of drug-likeness (QED) is 0.0810. The Morgan fingerprint density at radius 1 is 0.744 bits per heavy atom. The van der Waals surface area contributed by atoms with E-state index in [9.17, 15) is 39.4 Å². The van der Waals surface area contributed by atoms with Crippen LogP contribution < -0.4 is 5.32 Å². The zero-order chi connectivity index (χ0) is 30.9. The monoisotopic (exact) mass is 592 g/mol. The minimum Gasteiger partial charge on any atom is -0.459 e. The molecule has 1 aliphatic heterocycles. The number of esters is 2. The number of nitrogens with zero attached hydrogens (tertiary/aromatic N) is 3. The molecule has 1 atom stereocenters. The van der Waals surface area contributed by atoms with Crippen LogP contribution in [-0.2, 0) is 48.4 Å². The molecule has 43 heavy (non-hydrogen) atoms. The number of nitro groups is 2. The highest BCUT2D eigenvalue weighted by Crippen LogP contribution is 2.20. The van der Waals surface area contributed by atoms with Crippen molar-refractivity contribution in [3.05, 3.63) is 116 Å². The van der Waals surface area contributed by atoms with E-state index in [0.717, 1.165) is 10.5 Å². The average Bonchev–Trinajstić information content (AvgIpc) is 3.01. The first-order valence-corrected chi connectivity index (χ1v) is 12.7. The Bertz CT molecular complexity index is 1440. The van der Waals surface area contributed by atoms with Gasteiger partial charge in [0.15, 0.2) is 0 Å². The van der Waals surface area contributed by atoms with Crippen LogP contribution in [-0.4, -0.2) is 57.3 Å². The fourth-order valence-electron chi connectivity index (χ4n) is 3.94. The smallest absolute Gasteiger partial charge is 0.408 e. The van der Waals surface area contributed by atoms with E-state index < -0.39 is 45.9 Å². The van der Waals surface area contributed by atoms with E-state index in [2.05, 4.69) is 5.32 Å². The van der Waals surface area contributed by atoms with Crippen molar-refractivity contribution < 1.29 is 43.2 Å². The third-order valence-corrected chi connectivity index (χ3v) is 6.28. The second-order valence-electron chi connectivity index (χ2n) is 9.21. The highest BCUT2D eigenvalue weighted by molar-refractivity contribution is 6.05. The van der Waals surface area contributed by atoms with E-state index >= 15 is 0 Å². The lowest BCUT2D eigenvalue weighted by Gasteiger charge is -2.41. The Morgan fingerprint density at radius 3 is 1.63 bits per heavy atom. The van der Waals surface area contributed by atoms with Gasteiger partial charge in [-0.15, -0.1) is 0 Å². The summed E-state index contributed by atoms with van der Waals surface area (Å²) in [6.45, 7) is -0.996. The van der Waals surface area contributed by atoms with Gasteiger partial charge in [0.1, 0.15) is 25.9 Å². The molecule has 0 bridgehead atoms. The molecule has 3 aromatic rings. The molecule has 1 N–H and O–H groups in total. The molecule has 0 radical (unpaired) electrons. The van der Waals surface area contributed by atoms with Crippen molar-refractivity contribution in [2.24, 2.45) is 0 Å². The molecule has 1 aliphatic rings. The van der Waals surface area contributed by atoms with Crippen LogP contribution in [0.4, 0.5) is 16.2 Å². The normalized spacial score (nSPS) is 13.9. The summed E-state index contributed by atoms with van der Waals surface area (Å²) in [4.78, 5) is 72.5. The molecule has 2 amide bonds. The number of benzene rings is 3. The lowest BCUT2D eigenvalue weighted by Crippen LogP contribution is -2.69. The highest BCUT2D eigenvalue weighted by Gasteiger charge is 2.49. The topological polar surface area (TPSA) is 198 Å². The van der Waals surface area contributed by atoms with Crippen LogP contribution in [0.1, 0.15) is 16.7 Å². The van der Waals surface area contributed by atoms with Crippen LogP contribution in [0.15, 0.2) is 78.9 Å². The number of alkyl carbamates (subject to hydrolysis) is 1. The summed E-state index contributed by atoms with van der Waals surface area (Å²) >= 11 is 0. The van der Waals surface area contributed by atoms with Gasteiger partial charge in [-0.05, 0) is 41.0 Å². The first kappa shape index (κ1) is 30.1. The third-order valence-electron chi connectivity index (χ3n) is 6.28. The van der Waals surface area contributed by atoms with E-state index in [1.54, 1.807) is 30.3 Å². The molecule has 4 rings (SSSR count). The molecule has 0 aliphatic carbocycles. The Morgan fingerprint density at radius 2 is 1.19 bits per heavy atom. The molecule has 0 spiro atoms. The number of β-lactam (4-membered cyclic amide) rings is 1. The van der Waals surface area contributed by atoms with E-state index in [1.165, 1.54) is 48.5 Å². The van der Waals surface area contributed by atoms with Gasteiger partial charge in [0.2, 0.25) is 11.9 Å². The number of nitrogens with one attached hydrogen (secondary N) is 1. The minimum atomic E-state index is -1.83. The predicted octanol–water partition coefficient (Wildman–Crippen LogP) is 2.80. The van der Waals surface area contributed by atoms with Gasteiger partial charge >= 0.3 is 18.0 Å². The number of amides is 2. The van der Waals surface area contributed by atoms with Crippen LogP contribution in [0.3, 0.4) is 0 Å². The molecule has 3 aromatic carbocycles. The van der Waals surface area contributed by atoms with Crippen LogP contribution in [0.5, 0.6) is 0 Å². The second kappa shape index (κ2) is 13.7. The summed E-state index contributed by atoms with van der Waals surface area (Å²) in [5.74, 6) is -3.03. The predicted molar refractivity (Wildman–Crippen MR) is 145 cm³/mol. The Kier molecular flexibility index (Phi) is 9.57. The number of nitro benzene ring substituents is 2. The fraction of sp³-hybridized carbons (Fsp3) is 0.214. The first-order chi connectivity index (χ1) is 20.6.